The molecule has 0 radical (unpaired) electrons. The maximum absolute atomic E-state index is 13.6. The van der Waals surface area contributed by atoms with Gasteiger partial charge >= 0.3 is 0 Å². The molecule has 1 aliphatic carbocycles. The van der Waals surface area contributed by atoms with Crippen LogP contribution in [0.4, 0.5) is 13.2 Å². The SMILES string of the molecule is N#CCCN(C(=O)c1ccc(F)c(F)c1F)C1CC1. The summed E-state index contributed by atoms with van der Waals surface area (Å²) in [4.78, 5) is 13.5. The van der Waals surface area contributed by atoms with Crippen molar-refractivity contribution < 1.29 is 18.0 Å². The Kier molecular flexibility index (Phi) is 3.74. The number of nitrogens with zero attached hydrogens (tertiary/aromatic N) is 2. The van der Waals surface area contributed by atoms with Crippen LogP contribution in [0.15, 0.2) is 12.1 Å². The molecule has 0 unspecified atom stereocenters. The van der Waals surface area contributed by atoms with E-state index in [1.54, 1.807) is 0 Å². The molecule has 0 atom stereocenters. The second-order valence-electron chi connectivity index (χ2n) is 4.36. The Morgan fingerprint density at radius 1 is 1.32 bits per heavy atom. The molecule has 0 aromatic heterocycles. The Morgan fingerprint density at radius 2 is 2.00 bits per heavy atom. The smallest absolute Gasteiger partial charge is 0.257 e. The van der Waals surface area contributed by atoms with E-state index in [4.69, 9.17) is 5.26 Å². The minimum absolute atomic E-state index is 0.0339. The van der Waals surface area contributed by atoms with Gasteiger partial charge in [0.15, 0.2) is 17.5 Å². The minimum Gasteiger partial charge on any atom is -0.335 e. The van der Waals surface area contributed by atoms with Gasteiger partial charge in [-0.3, -0.25) is 4.79 Å². The summed E-state index contributed by atoms with van der Waals surface area (Å²) < 4.78 is 39.5. The molecule has 2 rings (SSSR count). The van der Waals surface area contributed by atoms with Gasteiger partial charge in [-0.1, -0.05) is 0 Å². The molecule has 3 nitrogen and oxygen atoms in total. The van der Waals surface area contributed by atoms with Gasteiger partial charge in [0, 0.05) is 12.6 Å². The second kappa shape index (κ2) is 5.31. The Balaban J connectivity index is 2.27. The highest BCUT2D eigenvalue weighted by atomic mass is 19.2. The van der Waals surface area contributed by atoms with Gasteiger partial charge in [-0.2, -0.15) is 5.26 Å². The van der Waals surface area contributed by atoms with E-state index < -0.39 is 28.9 Å². The lowest BCUT2D eigenvalue weighted by Crippen LogP contribution is -2.34. The zero-order chi connectivity index (χ0) is 14.0. The molecule has 1 amide bonds. The fourth-order valence-electron chi connectivity index (χ4n) is 1.85. The highest BCUT2D eigenvalue weighted by Gasteiger charge is 2.34. The average Bonchev–Trinajstić information content (AvgIpc) is 3.21. The van der Waals surface area contributed by atoms with Crippen LogP contribution in [0, 0.1) is 28.8 Å². The van der Waals surface area contributed by atoms with Crippen molar-refractivity contribution in [2.75, 3.05) is 6.54 Å². The molecule has 0 bridgehead atoms. The zero-order valence-electron chi connectivity index (χ0n) is 10.00. The van der Waals surface area contributed by atoms with E-state index in [0.717, 1.165) is 25.0 Å². The van der Waals surface area contributed by atoms with Crippen molar-refractivity contribution in [1.29, 1.82) is 5.26 Å². The molecule has 1 aromatic carbocycles. The first kappa shape index (κ1) is 13.4. The van der Waals surface area contributed by atoms with Crippen LogP contribution < -0.4 is 0 Å². The van der Waals surface area contributed by atoms with Crippen molar-refractivity contribution in [3.05, 3.63) is 35.1 Å². The van der Waals surface area contributed by atoms with Crippen LogP contribution in [-0.4, -0.2) is 23.4 Å². The van der Waals surface area contributed by atoms with Crippen LogP contribution in [0.2, 0.25) is 0 Å². The van der Waals surface area contributed by atoms with E-state index in [9.17, 15) is 18.0 Å². The van der Waals surface area contributed by atoms with Crippen molar-refractivity contribution >= 4 is 5.91 Å². The molecule has 1 fully saturated rings. The molecule has 0 heterocycles. The summed E-state index contributed by atoms with van der Waals surface area (Å²) >= 11 is 0. The predicted molar refractivity (Wildman–Crippen MR) is 60.6 cm³/mol. The fourth-order valence-corrected chi connectivity index (χ4v) is 1.85. The van der Waals surface area contributed by atoms with Crippen molar-refractivity contribution in [3.8, 4) is 6.07 Å². The number of hydrogen-bond donors (Lipinski definition) is 0. The maximum atomic E-state index is 13.6. The number of hydrogen-bond acceptors (Lipinski definition) is 2. The normalized spacial score (nSPS) is 14.0. The number of nitriles is 1. The fraction of sp³-hybridized carbons (Fsp3) is 0.385. The van der Waals surface area contributed by atoms with Gasteiger partial charge in [0.05, 0.1) is 18.1 Å². The van der Waals surface area contributed by atoms with Gasteiger partial charge < -0.3 is 4.90 Å². The molecule has 1 aromatic rings. The third kappa shape index (κ3) is 2.70. The summed E-state index contributed by atoms with van der Waals surface area (Å²) in [6, 6.07) is 3.52. The summed E-state index contributed by atoms with van der Waals surface area (Å²) in [7, 11) is 0. The molecule has 1 saturated carbocycles. The van der Waals surface area contributed by atoms with Crippen molar-refractivity contribution in [2.24, 2.45) is 0 Å². The summed E-state index contributed by atoms with van der Waals surface area (Å²) in [5.74, 6) is -5.16. The van der Waals surface area contributed by atoms with Gasteiger partial charge in [0.25, 0.3) is 5.91 Å². The maximum Gasteiger partial charge on any atom is 0.257 e. The van der Waals surface area contributed by atoms with Gasteiger partial charge in [-0.25, -0.2) is 13.2 Å². The van der Waals surface area contributed by atoms with Crippen LogP contribution in [0.5, 0.6) is 0 Å². The number of benzene rings is 1. The Labute approximate surface area is 108 Å². The number of rotatable bonds is 4. The van der Waals surface area contributed by atoms with Crippen LogP contribution in [0.3, 0.4) is 0 Å². The number of halogens is 3. The van der Waals surface area contributed by atoms with Crippen LogP contribution in [-0.2, 0) is 0 Å². The minimum atomic E-state index is -1.65. The third-order valence-electron chi connectivity index (χ3n) is 2.98. The molecule has 100 valence electrons. The van der Waals surface area contributed by atoms with E-state index in [-0.39, 0.29) is 19.0 Å². The van der Waals surface area contributed by atoms with Crippen molar-refractivity contribution in [3.63, 3.8) is 0 Å². The summed E-state index contributed by atoms with van der Waals surface area (Å²) in [6.07, 6.45) is 1.68. The Hall–Kier alpha value is -2.03. The van der Waals surface area contributed by atoms with Crippen LogP contribution in [0.1, 0.15) is 29.6 Å². The summed E-state index contributed by atoms with van der Waals surface area (Å²) in [5, 5.41) is 8.53. The lowest BCUT2D eigenvalue weighted by molar-refractivity contribution is 0.0740. The lowest BCUT2D eigenvalue weighted by atomic mass is 10.1. The molecule has 0 aliphatic heterocycles. The largest absolute Gasteiger partial charge is 0.335 e. The molecular formula is C13H11F3N2O. The van der Waals surface area contributed by atoms with Crippen LogP contribution >= 0.6 is 0 Å². The standard InChI is InChI=1S/C13H11F3N2O/c14-10-5-4-9(11(15)12(10)16)13(19)18(7-1-6-17)8-2-3-8/h4-5,8H,1-3,7H2. The zero-order valence-corrected chi connectivity index (χ0v) is 10.00. The quantitative estimate of drug-likeness (QED) is 0.788. The summed E-state index contributed by atoms with van der Waals surface area (Å²) in [6.45, 7) is 0.165. The first-order chi connectivity index (χ1) is 9.06. The highest BCUT2D eigenvalue weighted by Crippen LogP contribution is 2.29. The molecule has 1 aliphatic rings. The van der Waals surface area contributed by atoms with Gasteiger partial charge in [0.1, 0.15) is 0 Å². The van der Waals surface area contributed by atoms with E-state index in [1.165, 1.54) is 4.90 Å². The molecule has 0 saturated heterocycles. The third-order valence-corrected chi connectivity index (χ3v) is 2.98. The average molecular weight is 268 g/mol. The lowest BCUT2D eigenvalue weighted by Gasteiger charge is -2.21. The van der Waals surface area contributed by atoms with Gasteiger partial charge in [-0.15, -0.1) is 0 Å². The predicted octanol–water partition coefficient (Wildman–Crippen LogP) is 2.62. The first-order valence-electron chi connectivity index (χ1n) is 5.87. The van der Waals surface area contributed by atoms with Crippen molar-refractivity contribution in [1.82, 2.24) is 4.90 Å². The van der Waals surface area contributed by atoms with E-state index in [2.05, 4.69) is 0 Å². The molecule has 0 N–H and O–H groups in total. The molecule has 0 spiro atoms. The Bertz CT molecular complexity index is 550. The first-order valence-corrected chi connectivity index (χ1v) is 5.87. The van der Waals surface area contributed by atoms with Crippen molar-refractivity contribution in [2.45, 2.75) is 25.3 Å². The van der Waals surface area contributed by atoms with Gasteiger partial charge in [-0.05, 0) is 25.0 Å². The molecule has 6 heteroatoms. The van der Waals surface area contributed by atoms with Crippen LogP contribution in [0.25, 0.3) is 0 Å². The van der Waals surface area contributed by atoms with E-state index in [1.807, 2.05) is 6.07 Å². The number of carbonyl (C=O) groups excluding carboxylic acids is 1. The second-order valence-corrected chi connectivity index (χ2v) is 4.36. The highest BCUT2D eigenvalue weighted by molar-refractivity contribution is 5.95. The van der Waals surface area contributed by atoms with Gasteiger partial charge in [0.2, 0.25) is 0 Å². The number of carbonyl (C=O) groups is 1. The summed E-state index contributed by atoms with van der Waals surface area (Å²) in [5.41, 5.74) is -0.497. The number of amides is 1. The molecule has 19 heavy (non-hydrogen) atoms. The topological polar surface area (TPSA) is 44.1 Å². The van der Waals surface area contributed by atoms with E-state index in [0.29, 0.717) is 0 Å². The molecular weight excluding hydrogens is 257 g/mol. The van der Waals surface area contributed by atoms with E-state index >= 15 is 0 Å². The Morgan fingerprint density at radius 3 is 2.58 bits per heavy atom. The monoisotopic (exact) mass is 268 g/mol.